The van der Waals surface area contributed by atoms with E-state index in [-0.39, 0.29) is 25.0 Å². The normalized spacial score (nSPS) is 14.9. The van der Waals surface area contributed by atoms with Gasteiger partial charge in [-0.05, 0) is 74.4 Å². The standard InChI is InChI=1S/C28H39N3O4S/c1-6-26(28(33)29-24-13-9-10-14-24)30(18-23-12-8-7-11-22(23)4)27(32)19-31(36(5,34)35)25-16-20(2)15-21(3)17-25/h7-8,11-12,15-17,24,26H,6,9-10,13-14,18-19H2,1-5H3,(H,29,33)/t26-/m1/s1. The zero-order valence-corrected chi connectivity index (χ0v) is 22.9. The maximum absolute atomic E-state index is 13.8. The van der Waals surface area contributed by atoms with Gasteiger partial charge in [-0.15, -0.1) is 0 Å². The maximum Gasteiger partial charge on any atom is 0.244 e. The molecule has 1 fully saturated rings. The van der Waals surface area contributed by atoms with Gasteiger partial charge in [0.15, 0.2) is 0 Å². The molecular formula is C28H39N3O4S. The molecule has 36 heavy (non-hydrogen) atoms. The molecule has 1 aliphatic carbocycles. The van der Waals surface area contributed by atoms with E-state index in [0.29, 0.717) is 12.1 Å². The molecular weight excluding hydrogens is 474 g/mol. The van der Waals surface area contributed by atoms with E-state index in [4.69, 9.17) is 0 Å². The molecule has 2 aromatic carbocycles. The van der Waals surface area contributed by atoms with E-state index in [2.05, 4.69) is 5.32 Å². The number of benzene rings is 2. The van der Waals surface area contributed by atoms with Crippen molar-refractivity contribution in [1.82, 2.24) is 10.2 Å². The molecule has 0 bridgehead atoms. The Bertz CT molecular complexity index is 1170. The summed E-state index contributed by atoms with van der Waals surface area (Å²) in [6.45, 7) is 7.49. The van der Waals surface area contributed by atoms with Crippen molar-refractivity contribution in [3.05, 3.63) is 64.7 Å². The van der Waals surface area contributed by atoms with Gasteiger partial charge in [0.2, 0.25) is 21.8 Å². The first-order valence-corrected chi connectivity index (χ1v) is 14.5. The highest BCUT2D eigenvalue weighted by molar-refractivity contribution is 7.92. The monoisotopic (exact) mass is 513 g/mol. The van der Waals surface area contributed by atoms with Crippen molar-refractivity contribution < 1.29 is 18.0 Å². The minimum atomic E-state index is -3.75. The smallest absolute Gasteiger partial charge is 0.244 e. The molecule has 0 aliphatic heterocycles. The second kappa shape index (κ2) is 11.9. The van der Waals surface area contributed by atoms with E-state index in [9.17, 15) is 18.0 Å². The lowest BCUT2D eigenvalue weighted by molar-refractivity contribution is -0.140. The number of rotatable bonds is 10. The molecule has 0 unspecified atom stereocenters. The van der Waals surface area contributed by atoms with Gasteiger partial charge in [0.25, 0.3) is 0 Å². The first-order valence-electron chi connectivity index (χ1n) is 12.7. The Hall–Kier alpha value is -2.87. The van der Waals surface area contributed by atoms with Crippen LogP contribution in [0.25, 0.3) is 0 Å². The molecule has 0 aromatic heterocycles. The van der Waals surface area contributed by atoms with Gasteiger partial charge in [-0.2, -0.15) is 0 Å². The summed E-state index contributed by atoms with van der Waals surface area (Å²) in [4.78, 5) is 28.7. The number of carbonyl (C=O) groups is 2. The number of amides is 2. The lowest BCUT2D eigenvalue weighted by atomic mass is 10.1. The number of anilines is 1. The van der Waals surface area contributed by atoms with E-state index in [1.807, 2.05) is 58.0 Å². The summed E-state index contributed by atoms with van der Waals surface area (Å²) < 4.78 is 26.7. The quantitative estimate of drug-likeness (QED) is 0.515. The number of sulfonamides is 1. The summed E-state index contributed by atoms with van der Waals surface area (Å²) >= 11 is 0. The van der Waals surface area contributed by atoms with Crippen LogP contribution >= 0.6 is 0 Å². The maximum atomic E-state index is 13.8. The topological polar surface area (TPSA) is 86.8 Å². The Labute approximate surface area is 215 Å². The van der Waals surface area contributed by atoms with Crippen LogP contribution in [0.2, 0.25) is 0 Å². The molecule has 196 valence electrons. The number of aryl methyl sites for hydroxylation is 3. The van der Waals surface area contributed by atoms with E-state index >= 15 is 0 Å². The number of hydrogen-bond acceptors (Lipinski definition) is 4. The molecule has 8 heteroatoms. The molecule has 0 saturated heterocycles. The van der Waals surface area contributed by atoms with Gasteiger partial charge in [-0.1, -0.05) is 50.1 Å². The second-order valence-corrected chi connectivity index (χ2v) is 11.9. The van der Waals surface area contributed by atoms with Crippen molar-refractivity contribution in [2.45, 2.75) is 78.4 Å². The van der Waals surface area contributed by atoms with Gasteiger partial charge in [0.1, 0.15) is 12.6 Å². The summed E-state index contributed by atoms with van der Waals surface area (Å²) in [6.07, 6.45) is 5.61. The summed E-state index contributed by atoms with van der Waals surface area (Å²) in [6, 6.07) is 12.7. The van der Waals surface area contributed by atoms with Crippen LogP contribution in [-0.4, -0.2) is 50.0 Å². The fourth-order valence-corrected chi connectivity index (χ4v) is 5.80. The zero-order chi connectivity index (χ0) is 26.5. The van der Waals surface area contributed by atoms with Gasteiger partial charge in [0, 0.05) is 12.6 Å². The summed E-state index contributed by atoms with van der Waals surface area (Å²) in [5, 5.41) is 3.13. The van der Waals surface area contributed by atoms with Crippen LogP contribution in [0.15, 0.2) is 42.5 Å². The minimum absolute atomic E-state index is 0.129. The fraction of sp³-hybridized carbons (Fsp3) is 0.500. The van der Waals surface area contributed by atoms with Crippen LogP contribution in [0.1, 0.15) is 61.3 Å². The van der Waals surface area contributed by atoms with Gasteiger partial charge < -0.3 is 10.2 Å². The summed E-state index contributed by atoms with van der Waals surface area (Å²) in [5.74, 6) is -0.583. The van der Waals surface area contributed by atoms with Crippen molar-refractivity contribution >= 4 is 27.5 Å². The molecule has 0 radical (unpaired) electrons. The number of nitrogens with zero attached hydrogens (tertiary/aromatic N) is 2. The van der Waals surface area contributed by atoms with Gasteiger partial charge >= 0.3 is 0 Å². The van der Waals surface area contributed by atoms with Crippen LogP contribution in [-0.2, 0) is 26.2 Å². The van der Waals surface area contributed by atoms with E-state index in [1.165, 1.54) is 0 Å². The molecule has 0 heterocycles. The molecule has 7 nitrogen and oxygen atoms in total. The largest absolute Gasteiger partial charge is 0.352 e. The zero-order valence-electron chi connectivity index (χ0n) is 22.1. The van der Waals surface area contributed by atoms with Gasteiger partial charge in [-0.25, -0.2) is 8.42 Å². The van der Waals surface area contributed by atoms with E-state index < -0.39 is 22.0 Å². The minimum Gasteiger partial charge on any atom is -0.352 e. The lowest BCUT2D eigenvalue weighted by Crippen LogP contribution is -2.53. The average Bonchev–Trinajstić information content (AvgIpc) is 3.30. The van der Waals surface area contributed by atoms with Crippen molar-refractivity contribution in [3.8, 4) is 0 Å². The highest BCUT2D eigenvalue weighted by atomic mass is 32.2. The molecule has 0 spiro atoms. The molecule has 2 amide bonds. The van der Waals surface area contributed by atoms with Crippen molar-refractivity contribution in [3.63, 3.8) is 0 Å². The van der Waals surface area contributed by atoms with Crippen molar-refractivity contribution in [2.24, 2.45) is 0 Å². The Kier molecular flexibility index (Phi) is 9.17. The fourth-order valence-electron chi connectivity index (χ4n) is 4.97. The number of nitrogens with one attached hydrogen (secondary N) is 1. The van der Waals surface area contributed by atoms with Crippen LogP contribution in [0.5, 0.6) is 0 Å². The first-order chi connectivity index (χ1) is 17.0. The van der Waals surface area contributed by atoms with Crippen LogP contribution in [0, 0.1) is 20.8 Å². The Morgan fingerprint density at radius 2 is 1.64 bits per heavy atom. The second-order valence-electron chi connectivity index (χ2n) is 9.98. The molecule has 3 rings (SSSR count). The Morgan fingerprint density at radius 3 is 2.19 bits per heavy atom. The molecule has 2 aromatic rings. The summed E-state index contributed by atoms with van der Waals surface area (Å²) in [5.41, 5.74) is 4.20. The van der Waals surface area contributed by atoms with Crippen LogP contribution in [0.3, 0.4) is 0 Å². The highest BCUT2D eigenvalue weighted by Gasteiger charge is 2.33. The van der Waals surface area contributed by atoms with E-state index in [0.717, 1.165) is 58.5 Å². The van der Waals surface area contributed by atoms with Crippen molar-refractivity contribution in [1.29, 1.82) is 0 Å². The highest BCUT2D eigenvalue weighted by Crippen LogP contribution is 2.24. The van der Waals surface area contributed by atoms with Crippen LogP contribution < -0.4 is 9.62 Å². The van der Waals surface area contributed by atoms with Gasteiger partial charge in [-0.3, -0.25) is 13.9 Å². The number of carbonyl (C=O) groups excluding carboxylic acids is 2. The molecule has 1 atom stereocenters. The predicted molar refractivity (Wildman–Crippen MR) is 144 cm³/mol. The third kappa shape index (κ3) is 7.09. The predicted octanol–water partition coefficient (Wildman–Crippen LogP) is 4.24. The molecule has 1 N–H and O–H groups in total. The average molecular weight is 514 g/mol. The molecule has 1 saturated carbocycles. The lowest BCUT2D eigenvalue weighted by Gasteiger charge is -2.34. The summed E-state index contributed by atoms with van der Waals surface area (Å²) in [7, 11) is -3.75. The van der Waals surface area contributed by atoms with E-state index in [1.54, 1.807) is 17.0 Å². The number of hydrogen-bond donors (Lipinski definition) is 1. The first kappa shape index (κ1) is 27.7. The SMILES string of the molecule is CC[C@H](C(=O)NC1CCCC1)N(Cc1ccccc1C)C(=O)CN(c1cc(C)cc(C)c1)S(C)(=O)=O. The molecule has 1 aliphatic rings. The Morgan fingerprint density at radius 1 is 1.03 bits per heavy atom. The van der Waals surface area contributed by atoms with Gasteiger partial charge in [0.05, 0.1) is 11.9 Å². The van der Waals surface area contributed by atoms with Crippen LogP contribution in [0.4, 0.5) is 5.69 Å². The third-order valence-corrected chi connectivity index (χ3v) is 8.00. The third-order valence-electron chi connectivity index (χ3n) is 6.86. The Balaban J connectivity index is 1.95. The van der Waals surface area contributed by atoms with Crippen molar-refractivity contribution in [2.75, 3.05) is 17.1 Å².